The first-order chi connectivity index (χ1) is 20.8. The zero-order chi connectivity index (χ0) is 31.2. The number of nitrogens with one attached hydrogen (secondary N) is 2. The van der Waals surface area contributed by atoms with Crippen LogP contribution in [0.4, 0.5) is 0 Å². The fourth-order valence-corrected chi connectivity index (χ4v) is 5.09. The van der Waals surface area contributed by atoms with E-state index in [0.717, 1.165) is 30.4 Å². The second-order valence-electron chi connectivity index (χ2n) is 10.3. The Morgan fingerprint density at radius 2 is 1.81 bits per heavy atom. The Kier molecular flexibility index (Phi) is 13.0. The van der Waals surface area contributed by atoms with Gasteiger partial charge in [-0.15, -0.1) is 0 Å². The average Bonchev–Trinajstić information content (AvgIpc) is 3.52. The molecule has 0 aromatic heterocycles. The highest BCUT2D eigenvalue weighted by Gasteiger charge is 2.32. The number of methoxy groups -OCH3 is 1. The number of hydrogen-bond donors (Lipinski definition) is 3. The number of rotatable bonds is 18. The highest BCUT2D eigenvalue weighted by Crippen LogP contribution is 2.31. The SMILES string of the molecule is CCCCCC(C(=O)NCNC(=O)C1=CC=C(c2ccc(OC)c(C(=O)O)c2)C1)C(CC)N(C=O)OCc1ccccc1. The van der Waals surface area contributed by atoms with Crippen LogP contribution in [0.5, 0.6) is 5.75 Å². The van der Waals surface area contributed by atoms with Crippen molar-refractivity contribution in [1.82, 2.24) is 15.7 Å². The molecule has 0 saturated heterocycles. The van der Waals surface area contributed by atoms with E-state index in [1.807, 2.05) is 37.3 Å². The molecule has 1 aliphatic rings. The van der Waals surface area contributed by atoms with Crippen molar-refractivity contribution >= 4 is 29.8 Å². The number of hydrogen-bond acceptors (Lipinski definition) is 6. The zero-order valence-corrected chi connectivity index (χ0v) is 25.0. The standard InChI is InChI=1S/C33H41N3O7/c1-4-6-8-13-27(29(5-2)36(22-37)43-20-23-11-9-7-10-12-23)32(39)35-21-34-31(38)26-15-14-24(18-26)25-16-17-30(42-3)28(19-25)33(40)41/h7,9-12,14-17,19,22,27,29H,4-6,8,13,18,20-21H2,1-3H3,(H,34,38)(H,35,39)(H,40,41). The molecule has 0 radical (unpaired) electrons. The molecule has 0 heterocycles. The minimum Gasteiger partial charge on any atom is -0.496 e. The highest BCUT2D eigenvalue weighted by molar-refractivity contribution is 5.99. The summed E-state index contributed by atoms with van der Waals surface area (Å²) < 4.78 is 5.12. The van der Waals surface area contributed by atoms with E-state index in [0.29, 0.717) is 36.8 Å². The number of carbonyl (C=O) groups excluding carboxylic acids is 3. The van der Waals surface area contributed by atoms with Crippen LogP contribution in [0.15, 0.2) is 66.3 Å². The molecule has 1 aliphatic carbocycles. The minimum absolute atomic E-state index is 0.0407. The molecule has 0 spiro atoms. The molecule has 43 heavy (non-hydrogen) atoms. The van der Waals surface area contributed by atoms with Crippen molar-refractivity contribution in [2.45, 2.75) is 65.0 Å². The summed E-state index contributed by atoms with van der Waals surface area (Å²) in [6.07, 6.45) is 8.25. The smallest absolute Gasteiger partial charge is 0.339 e. The summed E-state index contributed by atoms with van der Waals surface area (Å²) in [5.74, 6) is -1.97. The third-order valence-electron chi connectivity index (χ3n) is 7.46. The van der Waals surface area contributed by atoms with Crippen molar-refractivity contribution in [2.24, 2.45) is 5.92 Å². The van der Waals surface area contributed by atoms with Crippen LogP contribution in [0.1, 0.15) is 73.9 Å². The van der Waals surface area contributed by atoms with Gasteiger partial charge in [0, 0.05) is 12.0 Å². The summed E-state index contributed by atoms with van der Waals surface area (Å²) in [6.45, 7) is 4.12. The number of carbonyl (C=O) groups is 4. The summed E-state index contributed by atoms with van der Waals surface area (Å²) in [4.78, 5) is 55.7. The molecular weight excluding hydrogens is 550 g/mol. The predicted octanol–water partition coefficient (Wildman–Crippen LogP) is 4.86. The first-order valence-corrected chi connectivity index (χ1v) is 14.6. The molecule has 10 nitrogen and oxygen atoms in total. The van der Waals surface area contributed by atoms with Crippen LogP contribution in [0, 0.1) is 5.92 Å². The first-order valence-electron chi connectivity index (χ1n) is 14.6. The number of aromatic carboxylic acids is 1. The topological polar surface area (TPSA) is 134 Å². The van der Waals surface area contributed by atoms with E-state index in [4.69, 9.17) is 9.57 Å². The van der Waals surface area contributed by atoms with Gasteiger partial charge in [0.15, 0.2) is 0 Å². The molecule has 10 heteroatoms. The molecule has 2 aromatic carbocycles. The van der Waals surface area contributed by atoms with Gasteiger partial charge >= 0.3 is 5.97 Å². The van der Waals surface area contributed by atoms with Crippen molar-refractivity contribution < 1.29 is 33.9 Å². The van der Waals surface area contributed by atoms with Gasteiger partial charge < -0.3 is 20.5 Å². The summed E-state index contributed by atoms with van der Waals surface area (Å²) in [5.41, 5.74) is 2.92. The Hall–Kier alpha value is -4.44. The summed E-state index contributed by atoms with van der Waals surface area (Å²) in [6, 6.07) is 13.9. The average molecular weight is 592 g/mol. The second kappa shape index (κ2) is 16.9. The predicted molar refractivity (Wildman–Crippen MR) is 163 cm³/mol. The third-order valence-corrected chi connectivity index (χ3v) is 7.46. The molecule has 0 fully saturated rings. The van der Waals surface area contributed by atoms with Crippen molar-refractivity contribution in [3.05, 3.63) is 82.9 Å². The van der Waals surface area contributed by atoms with Crippen molar-refractivity contribution in [2.75, 3.05) is 13.8 Å². The fourth-order valence-electron chi connectivity index (χ4n) is 5.09. The molecule has 2 aromatic rings. The van der Waals surface area contributed by atoms with Crippen LogP contribution in [-0.2, 0) is 25.8 Å². The van der Waals surface area contributed by atoms with Crippen molar-refractivity contribution in [3.8, 4) is 5.75 Å². The Morgan fingerprint density at radius 1 is 1.05 bits per heavy atom. The summed E-state index contributed by atoms with van der Waals surface area (Å²) >= 11 is 0. The van der Waals surface area contributed by atoms with Crippen LogP contribution in [-0.4, -0.2) is 54.2 Å². The van der Waals surface area contributed by atoms with Gasteiger partial charge in [-0.05, 0) is 41.7 Å². The molecule has 0 aliphatic heterocycles. The van der Waals surface area contributed by atoms with Gasteiger partial charge in [-0.25, -0.2) is 9.86 Å². The molecule has 3 rings (SSSR count). The quantitative estimate of drug-likeness (QED) is 0.0975. The molecule has 2 unspecified atom stereocenters. The van der Waals surface area contributed by atoms with Gasteiger partial charge in [0.05, 0.1) is 25.7 Å². The van der Waals surface area contributed by atoms with E-state index in [-0.39, 0.29) is 36.4 Å². The minimum atomic E-state index is -1.10. The normalized spacial score (nSPS) is 13.7. The van der Waals surface area contributed by atoms with Gasteiger partial charge in [0.2, 0.25) is 18.2 Å². The zero-order valence-electron chi connectivity index (χ0n) is 25.0. The van der Waals surface area contributed by atoms with Crippen molar-refractivity contribution in [3.63, 3.8) is 0 Å². The molecule has 2 atom stereocenters. The third kappa shape index (κ3) is 9.27. The Balaban J connectivity index is 1.58. The van der Waals surface area contributed by atoms with E-state index < -0.39 is 17.9 Å². The molecule has 3 amide bonds. The first kappa shape index (κ1) is 33.1. The number of carboxylic acid groups (broad SMARTS) is 1. The second-order valence-corrected chi connectivity index (χ2v) is 10.3. The number of allylic oxidation sites excluding steroid dienone is 3. The molecule has 230 valence electrons. The molecule has 0 saturated carbocycles. The van der Waals surface area contributed by atoms with Gasteiger partial charge in [0.1, 0.15) is 17.9 Å². The highest BCUT2D eigenvalue weighted by atomic mass is 16.7. The van der Waals surface area contributed by atoms with Crippen LogP contribution in [0.25, 0.3) is 5.57 Å². The van der Waals surface area contributed by atoms with E-state index in [2.05, 4.69) is 17.6 Å². The number of nitrogens with zero attached hydrogens (tertiary/aromatic N) is 1. The maximum absolute atomic E-state index is 13.4. The lowest BCUT2D eigenvalue weighted by Gasteiger charge is -2.32. The number of hydroxylamine groups is 2. The summed E-state index contributed by atoms with van der Waals surface area (Å²) in [5, 5.41) is 16.3. The fraction of sp³-hybridized carbons (Fsp3) is 0.394. The summed E-state index contributed by atoms with van der Waals surface area (Å²) in [7, 11) is 1.41. The van der Waals surface area contributed by atoms with Crippen LogP contribution >= 0.6 is 0 Å². The molecule has 0 bridgehead atoms. The van der Waals surface area contributed by atoms with Gasteiger partial charge in [-0.2, -0.15) is 0 Å². The Bertz CT molecular complexity index is 1320. The molecular formula is C33H41N3O7. The lowest BCUT2D eigenvalue weighted by Crippen LogP contribution is -2.48. The number of amides is 3. The van der Waals surface area contributed by atoms with E-state index in [1.54, 1.807) is 24.3 Å². The van der Waals surface area contributed by atoms with Gasteiger partial charge in [-0.1, -0.05) is 81.7 Å². The maximum atomic E-state index is 13.4. The largest absolute Gasteiger partial charge is 0.496 e. The van der Waals surface area contributed by atoms with E-state index >= 15 is 0 Å². The number of unbranched alkanes of at least 4 members (excludes halogenated alkanes) is 2. The Labute approximate surface area is 252 Å². The van der Waals surface area contributed by atoms with Crippen LogP contribution in [0.2, 0.25) is 0 Å². The van der Waals surface area contributed by atoms with Gasteiger partial charge in [-0.3, -0.25) is 19.2 Å². The van der Waals surface area contributed by atoms with Crippen LogP contribution in [0.3, 0.4) is 0 Å². The lowest BCUT2D eigenvalue weighted by molar-refractivity contribution is -0.200. The maximum Gasteiger partial charge on any atom is 0.339 e. The number of ether oxygens (including phenoxy) is 1. The van der Waals surface area contributed by atoms with Crippen LogP contribution < -0.4 is 15.4 Å². The monoisotopic (exact) mass is 591 g/mol. The van der Waals surface area contributed by atoms with Gasteiger partial charge in [0.25, 0.3) is 0 Å². The number of carboxylic acids is 1. The lowest BCUT2D eigenvalue weighted by atomic mass is 9.90. The Morgan fingerprint density at radius 3 is 2.47 bits per heavy atom. The van der Waals surface area contributed by atoms with E-state index in [9.17, 15) is 24.3 Å². The number of benzene rings is 2. The van der Waals surface area contributed by atoms with Crippen molar-refractivity contribution in [1.29, 1.82) is 0 Å². The molecule has 3 N–H and O–H groups in total. The van der Waals surface area contributed by atoms with E-state index in [1.165, 1.54) is 18.2 Å².